The Labute approximate surface area is 263 Å². The number of phenolic OH excluding ortho intramolecular Hbond substituents is 1. The molecule has 0 amide bonds. The second-order valence-electron chi connectivity index (χ2n) is 11.4. The lowest BCUT2D eigenvalue weighted by atomic mass is 9.89. The molecule has 2 heterocycles. The molecule has 7 nitrogen and oxygen atoms in total. The van der Waals surface area contributed by atoms with Crippen LogP contribution in [0.25, 0.3) is 10.8 Å². The molecule has 1 N–H and O–H groups in total. The van der Waals surface area contributed by atoms with Crippen molar-refractivity contribution in [3.8, 4) is 5.75 Å². The Morgan fingerprint density at radius 1 is 0.674 bits per heavy atom. The summed E-state index contributed by atoms with van der Waals surface area (Å²) in [6.45, 7) is 2.10. The Balaban J connectivity index is 1.09. The Morgan fingerprint density at radius 2 is 1.24 bits per heavy atom. The maximum atomic E-state index is 12.8. The van der Waals surface area contributed by atoms with Gasteiger partial charge in [-0.1, -0.05) is 24.3 Å². The van der Waals surface area contributed by atoms with Crippen molar-refractivity contribution < 1.29 is 18.3 Å². The molecule has 0 unspecified atom stereocenters. The monoisotopic (exact) mass is 618 g/mol. The summed E-state index contributed by atoms with van der Waals surface area (Å²) in [5.74, 6) is 0.330. The van der Waals surface area contributed by atoms with E-state index in [4.69, 9.17) is 4.99 Å². The Kier molecular flexibility index (Phi) is 7.78. The lowest BCUT2D eigenvalue weighted by Crippen LogP contribution is -2.34. The van der Waals surface area contributed by atoms with Crippen molar-refractivity contribution in [1.82, 2.24) is 0 Å². The van der Waals surface area contributed by atoms with Gasteiger partial charge in [-0.05, 0) is 98.0 Å². The number of anilines is 1. The van der Waals surface area contributed by atoms with Gasteiger partial charge in [-0.3, -0.25) is 4.99 Å². The number of aryl methyl sites for hydroxylation is 1. The first-order chi connectivity index (χ1) is 22.3. The summed E-state index contributed by atoms with van der Waals surface area (Å²) in [5, 5.41) is 30.0. The summed E-state index contributed by atoms with van der Waals surface area (Å²) in [5.41, 5.74) is 6.46. The number of benzene rings is 5. The number of nitrogens with zero attached hydrogens (tertiary/aromatic N) is 6. The maximum absolute atomic E-state index is 12.8. The molecule has 0 saturated carbocycles. The van der Waals surface area contributed by atoms with Crippen molar-refractivity contribution in [2.75, 3.05) is 18.0 Å². The standard InChI is InChI=1S/C36H29F3N6O/c37-36(38,39)25-9-11-26(12-10-25)41-42-27-13-15-28(16-14-27)43-44-33-18-17-32(29-6-1-2-7-30(29)33)40-22-24-21-23-5-3-19-45-20-4-8-31(34(23)45)35(24)46/h1-2,6-7,9-18,21-22,46H,3-5,8,19-20H2. The third-order valence-electron chi connectivity index (χ3n) is 8.34. The van der Waals surface area contributed by atoms with Crippen molar-refractivity contribution in [2.24, 2.45) is 25.4 Å². The molecule has 0 spiro atoms. The molecule has 7 rings (SSSR count). The smallest absolute Gasteiger partial charge is 0.416 e. The van der Waals surface area contributed by atoms with Crippen LogP contribution in [0.1, 0.15) is 35.1 Å². The predicted molar refractivity (Wildman–Crippen MR) is 174 cm³/mol. The van der Waals surface area contributed by atoms with Crippen LogP contribution in [0.5, 0.6) is 5.75 Å². The molecule has 230 valence electrons. The fourth-order valence-electron chi connectivity index (χ4n) is 6.10. The van der Waals surface area contributed by atoms with Crippen LogP contribution in [0.15, 0.2) is 116 Å². The van der Waals surface area contributed by atoms with Crippen LogP contribution in [0.2, 0.25) is 0 Å². The zero-order valence-corrected chi connectivity index (χ0v) is 24.7. The Morgan fingerprint density at radius 3 is 1.89 bits per heavy atom. The minimum absolute atomic E-state index is 0.317. The van der Waals surface area contributed by atoms with E-state index >= 15 is 0 Å². The van der Waals surface area contributed by atoms with Crippen LogP contribution < -0.4 is 4.90 Å². The van der Waals surface area contributed by atoms with Crippen LogP contribution in [0.3, 0.4) is 0 Å². The zero-order chi connectivity index (χ0) is 31.7. The molecule has 0 aliphatic carbocycles. The fourth-order valence-corrected chi connectivity index (χ4v) is 6.10. The molecule has 2 aliphatic heterocycles. The molecular formula is C36H29F3N6O. The number of halogens is 3. The molecule has 0 bridgehead atoms. The van der Waals surface area contributed by atoms with Gasteiger partial charge in [0.25, 0.3) is 0 Å². The maximum Gasteiger partial charge on any atom is 0.416 e. The number of aliphatic imine (C=N–C) groups is 1. The van der Waals surface area contributed by atoms with Crippen molar-refractivity contribution >= 4 is 51.1 Å². The molecule has 5 aromatic carbocycles. The second kappa shape index (κ2) is 12.2. The van der Waals surface area contributed by atoms with E-state index in [1.54, 1.807) is 30.5 Å². The van der Waals surface area contributed by atoms with E-state index in [1.165, 1.54) is 23.4 Å². The van der Waals surface area contributed by atoms with E-state index in [-0.39, 0.29) is 0 Å². The topological polar surface area (TPSA) is 85.3 Å². The quantitative estimate of drug-likeness (QED) is 0.152. The van der Waals surface area contributed by atoms with Crippen LogP contribution >= 0.6 is 0 Å². The summed E-state index contributed by atoms with van der Waals surface area (Å²) in [7, 11) is 0. The van der Waals surface area contributed by atoms with E-state index < -0.39 is 11.7 Å². The minimum Gasteiger partial charge on any atom is -0.507 e. The van der Waals surface area contributed by atoms with Gasteiger partial charge in [-0.2, -0.15) is 28.5 Å². The van der Waals surface area contributed by atoms with Gasteiger partial charge in [0.2, 0.25) is 0 Å². The van der Waals surface area contributed by atoms with E-state index in [0.717, 1.165) is 78.5 Å². The van der Waals surface area contributed by atoms with Gasteiger partial charge in [0, 0.05) is 46.9 Å². The van der Waals surface area contributed by atoms with E-state index in [2.05, 4.69) is 31.4 Å². The summed E-state index contributed by atoms with van der Waals surface area (Å²) in [6.07, 6.45) is 1.42. The zero-order valence-electron chi connectivity index (χ0n) is 24.7. The molecule has 5 aromatic rings. The molecule has 0 fully saturated rings. The van der Waals surface area contributed by atoms with Gasteiger partial charge < -0.3 is 10.0 Å². The van der Waals surface area contributed by atoms with E-state index in [0.29, 0.717) is 28.5 Å². The summed E-state index contributed by atoms with van der Waals surface area (Å²) in [6, 6.07) is 25.1. The number of fused-ring (bicyclic) bond motifs is 1. The first kappa shape index (κ1) is 29.3. The van der Waals surface area contributed by atoms with E-state index in [9.17, 15) is 18.3 Å². The van der Waals surface area contributed by atoms with Gasteiger partial charge in [0.15, 0.2) is 0 Å². The highest BCUT2D eigenvalue weighted by molar-refractivity contribution is 6.01. The average Bonchev–Trinajstić information content (AvgIpc) is 3.08. The number of phenols is 1. The minimum atomic E-state index is -4.40. The third kappa shape index (κ3) is 5.98. The Hall–Kier alpha value is -5.38. The third-order valence-corrected chi connectivity index (χ3v) is 8.34. The molecule has 0 aromatic heterocycles. The largest absolute Gasteiger partial charge is 0.507 e. The molecule has 0 radical (unpaired) electrons. The van der Waals surface area contributed by atoms with E-state index in [1.807, 2.05) is 36.4 Å². The second-order valence-corrected chi connectivity index (χ2v) is 11.4. The van der Waals surface area contributed by atoms with Gasteiger partial charge in [-0.25, -0.2) is 0 Å². The highest BCUT2D eigenvalue weighted by Gasteiger charge is 2.30. The first-order valence-corrected chi connectivity index (χ1v) is 15.1. The Bertz CT molecular complexity index is 2000. The molecule has 0 atom stereocenters. The van der Waals surface area contributed by atoms with Gasteiger partial charge >= 0.3 is 6.18 Å². The highest BCUT2D eigenvalue weighted by Crippen LogP contribution is 2.42. The van der Waals surface area contributed by atoms with Crippen LogP contribution in [-0.2, 0) is 19.0 Å². The summed E-state index contributed by atoms with van der Waals surface area (Å²) in [4.78, 5) is 7.22. The molecule has 2 aliphatic rings. The van der Waals surface area contributed by atoms with Crippen LogP contribution in [-0.4, -0.2) is 24.4 Å². The number of aromatic hydroxyl groups is 1. The average molecular weight is 619 g/mol. The SMILES string of the molecule is Oc1c(C=Nc2ccc(N=Nc3ccc(N=Nc4ccc(C(F)(F)F)cc4)cc3)c3ccccc23)cc2c3c1CCCN3CCC2. The van der Waals surface area contributed by atoms with Crippen LogP contribution in [0.4, 0.5) is 47.3 Å². The molecular weight excluding hydrogens is 589 g/mol. The fraction of sp³-hybridized carbons (Fsp3) is 0.194. The molecule has 10 heteroatoms. The lowest BCUT2D eigenvalue weighted by molar-refractivity contribution is -0.137. The normalized spacial score (nSPS) is 15.0. The number of hydrogen-bond donors (Lipinski definition) is 1. The van der Waals surface area contributed by atoms with Gasteiger partial charge in [-0.15, -0.1) is 5.11 Å². The van der Waals surface area contributed by atoms with Crippen molar-refractivity contribution in [3.63, 3.8) is 0 Å². The van der Waals surface area contributed by atoms with Crippen LogP contribution in [0, 0.1) is 0 Å². The van der Waals surface area contributed by atoms with Crippen molar-refractivity contribution in [1.29, 1.82) is 0 Å². The summed E-state index contributed by atoms with van der Waals surface area (Å²) < 4.78 is 38.3. The van der Waals surface area contributed by atoms with Crippen molar-refractivity contribution in [3.05, 3.63) is 113 Å². The first-order valence-electron chi connectivity index (χ1n) is 15.1. The molecule has 0 saturated heterocycles. The van der Waals surface area contributed by atoms with Crippen molar-refractivity contribution in [2.45, 2.75) is 31.9 Å². The number of rotatable bonds is 6. The number of azo groups is 2. The molecule has 46 heavy (non-hydrogen) atoms. The summed E-state index contributed by atoms with van der Waals surface area (Å²) >= 11 is 0. The predicted octanol–water partition coefficient (Wildman–Crippen LogP) is 10.8. The highest BCUT2D eigenvalue weighted by atomic mass is 19.4. The van der Waals surface area contributed by atoms with Gasteiger partial charge in [0.1, 0.15) is 5.75 Å². The van der Waals surface area contributed by atoms with Gasteiger partial charge in [0.05, 0.1) is 34.0 Å². The number of alkyl halides is 3. The lowest BCUT2D eigenvalue weighted by Gasteiger charge is -2.37. The number of hydrogen-bond acceptors (Lipinski definition) is 7.